The molecular weight excluding hydrogens is 256 g/mol. The molecule has 5 nitrogen and oxygen atoms in total. The number of benzene rings is 1. The number of non-ortho nitro benzene ring substituents is 1. The molecule has 1 N–H and O–H groups in total. The van der Waals surface area contributed by atoms with E-state index in [1.807, 2.05) is 0 Å². The van der Waals surface area contributed by atoms with Crippen LogP contribution in [0.3, 0.4) is 0 Å². The van der Waals surface area contributed by atoms with E-state index in [9.17, 15) is 10.1 Å². The predicted octanol–water partition coefficient (Wildman–Crippen LogP) is 2.20. The highest BCUT2D eigenvalue weighted by molar-refractivity contribution is 6.31. The van der Waals surface area contributed by atoms with Crippen LogP contribution < -0.4 is 0 Å². The Morgan fingerprint density at radius 3 is 2.72 bits per heavy atom. The largest absolute Gasteiger partial charge is 0.395 e. The van der Waals surface area contributed by atoms with Crippen LogP contribution >= 0.6 is 11.6 Å². The SMILES string of the molecule is O=[N+]([O-])c1ccc(CN(CCO)C2CC2)c(Cl)c1. The van der Waals surface area contributed by atoms with Crippen LogP contribution in [0.5, 0.6) is 0 Å². The summed E-state index contributed by atoms with van der Waals surface area (Å²) in [5.41, 5.74) is 0.867. The molecule has 0 amide bonds. The Hall–Kier alpha value is -1.17. The standard InChI is InChI=1S/C12H15ClN2O3/c13-12-7-11(15(17)18)2-1-9(12)8-14(5-6-16)10-3-4-10/h1-2,7,10,16H,3-6,8H2. The van der Waals surface area contributed by atoms with E-state index < -0.39 is 4.92 Å². The highest BCUT2D eigenvalue weighted by Gasteiger charge is 2.28. The van der Waals surface area contributed by atoms with Crippen LogP contribution in [0.2, 0.25) is 5.02 Å². The minimum absolute atomic E-state index is 0.00359. The van der Waals surface area contributed by atoms with Gasteiger partial charge in [0.2, 0.25) is 0 Å². The minimum atomic E-state index is -0.456. The monoisotopic (exact) mass is 270 g/mol. The van der Waals surface area contributed by atoms with Crippen LogP contribution in [-0.2, 0) is 6.54 Å². The van der Waals surface area contributed by atoms with Gasteiger partial charge in [-0.25, -0.2) is 0 Å². The van der Waals surface area contributed by atoms with Crippen LogP contribution in [-0.4, -0.2) is 34.1 Å². The maximum absolute atomic E-state index is 10.6. The first-order valence-electron chi connectivity index (χ1n) is 5.89. The highest BCUT2D eigenvalue weighted by atomic mass is 35.5. The van der Waals surface area contributed by atoms with Gasteiger partial charge in [-0.1, -0.05) is 11.6 Å². The molecule has 1 aromatic rings. The summed E-state index contributed by atoms with van der Waals surface area (Å²) in [6.45, 7) is 1.35. The van der Waals surface area contributed by atoms with Crippen molar-refractivity contribution in [1.29, 1.82) is 0 Å². The average Bonchev–Trinajstić information content (AvgIpc) is 3.14. The number of aliphatic hydroxyl groups excluding tert-OH is 1. The van der Waals surface area contributed by atoms with E-state index in [1.54, 1.807) is 6.07 Å². The van der Waals surface area contributed by atoms with Crippen LogP contribution in [0.4, 0.5) is 5.69 Å². The highest BCUT2D eigenvalue weighted by Crippen LogP contribution is 2.30. The molecule has 0 heterocycles. The quantitative estimate of drug-likeness (QED) is 0.636. The fraction of sp³-hybridized carbons (Fsp3) is 0.500. The van der Waals surface area contributed by atoms with Crippen molar-refractivity contribution in [1.82, 2.24) is 4.90 Å². The zero-order valence-electron chi connectivity index (χ0n) is 9.88. The lowest BCUT2D eigenvalue weighted by Gasteiger charge is -2.21. The number of hydrogen-bond acceptors (Lipinski definition) is 4. The van der Waals surface area contributed by atoms with Gasteiger partial charge in [-0.3, -0.25) is 15.0 Å². The first-order valence-corrected chi connectivity index (χ1v) is 6.27. The summed E-state index contributed by atoms with van der Waals surface area (Å²) in [7, 11) is 0. The van der Waals surface area contributed by atoms with Gasteiger partial charge in [-0.2, -0.15) is 0 Å². The van der Waals surface area contributed by atoms with E-state index in [2.05, 4.69) is 4.90 Å². The zero-order chi connectivity index (χ0) is 13.1. The van der Waals surface area contributed by atoms with Crippen molar-refractivity contribution in [2.45, 2.75) is 25.4 Å². The van der Waals surface area contributed by atoms with Crippen molar-refractivity contribution in [3.63, 3.8) is 0 Å². The summed E-state index contributed by atoms with van der Waals surface area (Å²) in [6.07, 6.45) is 2.29. The van der Waals surface area contributed by atoms with Gasteiger partial charge in [0.1, 0.15) is 0 Å². The molecule has 18 heavy (non-hydrogen) atoms. The van der Waals surface area contributed by atoms with Crippen molar-refractivity contribution in [3.8, 4) is 0 Å². The minimum Gasteiger partial charge on any atom is -0.395 e. The third-order valence-electron chi connectivity index (χ3n) is 3.07. The van der Waals surface area contributed by atoms with Crippen molar-refractivity contribution in [3.05, 3.63) is 38.9 Å². The van der Waals surface area contributed by atoms with Crippen LogP contribution in [0.15, 0.2) is 18.2 Å². The molecule has 1 saturated carbocycles. The lowest BCUT2D eigenvalue weighted by Crippen LogP contribution is -2.28. The molecule has 1 aromatic carbocycles. The van der Waals surface area contributed by atoms with Crippen LogP contribution in [0, 0.1) is 10.1 Å². The Labute approximate surface area is 110 Å². The Bertz CT molecular complexity index is 449. The maximum atomic E-state index is 10.6. The number of rotatable bonds is 6. The third kappa shape index (κ3) is 3.19. The number of hydrogen-bond donors (Lipinski definition) is 1. The maximum Gasteiger partial charge on any atom is 0.270 e. The predicted molar refractivity (Wildman–Crippen MR) is 68.6 cm³/mol. The van der Waals surface area contributed by atoms with Gasteiger partial charge < -0.3 is 5.11 Å². The second kappa shape index (κ2) is 5.65. The molecule has 98 valence electrons. The van der Waals surface area contributed by atoms with Crippen molar-refractivity contribution >= 4 is 17.3 Å². The second-order valence-corrected chi connectivity index (χ2v) is 4.87. The number of nitro groups is 1. The number of nitrogens with zero attached hydrogens (tertiary/aromatic N) is 2. The average molecular weight is 271 g/mol. The molecule has 0 unspecified atom stereocenters. The summed E-state index contributed by atoms with van der Waals surface area (Å²) >= 11 is 6.05. The molecular formula is C12H15ClN2O3. The zero-order valence-corrected chi connectivity index (χ0v) is 10.6. The summed E-state index contributed by atoms with van der Waals surface area (Å²) in [6, 6.07) is 5.04. The summed E-state index contributed by atoms with van der Waals surface area (Å²) in [4.78, 5) is 12.3. The normalized spacial score (nSPS) is 15.1. The van der Waals surface area contributed by atoms with Gasteiger partial charge in [-0.05, 0) is 24.5 Å². The fourth-order valence-corrected chi connectivity index (χ4v) is 2.19. The van der Waals surface area contributed by atoms with E-state index in [4.69, 9.17) is 16.7 Å². The van der Waals surface area contributed by atoms with Gasteiger partial charge in [-0.15, -0.1) is 0 Å². The van der Waals surface area contributed by atoms with Crippen molar-refractivity contribution in [2.24, 2.45) is 0 Å². The smallest absolute Gasteiger partial charge is 0.270 e. The Kier molecular flexibility index (Phi) is 4.16. The molecule has 0 bridgehead atoms. The summed E-state index contributed by atoms with van der Waals surface area (Å²) < 4.78 is 0. The van der Waals surface area contributed by atoms with Crippen LogP contribution in [0.25, 0.3) is 0 Å². The van der Waals surface area contributed by atoms with Gasteiger partial charge in [0.15, 0.2) is 0 Å². The Morgan fingerprint density at radius 2 is 2.22 bits per heavy atom. The summed E-state index contributed by atoms with van der Waals surface area (Å²) in [5, 5.41) is 20.0. The van der Waals surface area contributed by atoms with Gasteiger partial charge in [0.25, 0.3) is 5.69 Å². The summed E-state index contributed by atoms with van der Waals surface area (Å²) in [5.74, 6) is 0. The molecule has 0 aromatic heterocycles. The Balaban J connectivity index is 2.10. The lowest BCUT2D eigenvalue weighted by molar-refractivity contribution is -0.384. The molecule has 0 aliphatic heterocycles. The van der Waals surface area contributed by atoms with Crippen LogP contribution in [0.1, 0.15) is 18.4 Å². The molecule has 1 aliphatic rings. The number of halogens is 1. The molecule has 1 fully saturated rings. The van der Waals surface area contributed by atoms with E-state index >= 15 is 0 Å². The molecule has 0 spiro atoms. The number of nitro benzene ring substituents is 1. The third-order valence-corrected chi connectivity index (χ3v) is 3.42. The Morgan fingerprint density at radius 1 is 1.50 bits per heavy atom. The molecule has 0 radical (unpaired) electrons. The van der Waals surface area contributed by atoms with E-state index in [0.29, 0.717) is 24.2 Å². The lowest BCUT2D eigenvalue weighted by atomic mass is 10.2. The fourth-order valence-electron chi connectivity index (χ4n) is 1.96. The van der Waals surface area contributed by atoms with Gasteiger partial charge in [0.05, 0.1) is 16.6 Å². The molecule has 0 atom stereocenters. The van der Waals surface area contributed by atoms with Crippen molar-refractivity contribution in [2.75, 3.05) is 13.2 Å². The van der Waals surface area contributed by atoms with E-state index in [1.165, 1.54) is 12.1 Å². The molecule has 6 heteroatoms. The van der Waals surface area contributed by atoms with Gasteiger partial charge in [0, 0.05) is 31.3 Å². The molecule has 0 saturated heterocycles. The first kappa shape index (κ1) is 13.3. The molecule has 1 aliphatic carbocycles. The second-order valence-electron chi connectivity index (χ2n) is 4.46. The van der Waals surface area contributed by atoms with E-state index in [-0.39, 0.29) is 12.3 Å². The number of aliphatic hydroxyl groups is 1. The topological polar surface area (TPSA) is 66.6 Å². The molecule has 2 rings (SSSR count). The van der Waals surface area contributed by atoms with E-state index in [0.717, 1.165) is 18.4 Å². The van der Waals surface area contributed by atoms with Gasteiger partial charge >= 0.3 is 0 Å². The first-order chi connectivity index (χ1) is 8.61. The van der Waals surface area contributed by atoms with Crippen molar-refractivity contribution < 1.29 is 10.0 Å².